The van der Waals surface area contributed by atoms with E-state index in [9.17, 15) is 9.59 Å². The molecule has 23 heavy (non-hydrogen) atoms. The molecule has 0 radical (unpaired) electrons. The molecule has 1 aromatic carbocycles. The number of amides is 2. The van der Waals surface area contributed by atoms with Crippen molar-refractivity contribution in [1.29, 1.82) is 0 Å². The van der Waals surface area contributed by atoms with E-state index in [2.05, 4.69) is 10.3 Å². The molecule has 0 spiro atoms. The normalized spacial score (nSPS) is 22.0. The van der Waals surface area contributed by atoms with Crippen molar-refractivity contribution in [3.8, 4) is 0 Å². The molecule has 0 unspecified atom stereocenters. The van der Waals surface area contributed by atoms with E-state index in [1.165, 1.54) is 11.8 Å². The molecule has 1 fully saturated rings. The zero-order valence-electron chi connectivity index (χ0n) is 12.0. The number of aromatic nitrogens is 1. The van der Waals surface area contributed by atoms with Gasteiger partial charge in [0, 0.05) is 34.4 Å². The lowest BCUT2D eigenvalue weighted by Gasteiger charge is -2.29. The number of fused-ring (bicyclic) bond motifs is 3. The summed E-state index contributed by atoms with van der Waals surface area (Å²) in [6.45, 7) is 0. The average Bonchev–Trinajstić information content (AvgIpc) is 3.05. The van der Waals surface area contributed by atoms with Gasteiger partial charge in [0.1, 0.15) is 0 Å². The van der Waals surface area contributed by atoms with Gasteiger partial charge in [-0.3, -0.25) is 19.5 Å². The van der Waals surface area contributed by atoms with Gasteiger partial charge in [0.25, 0.3) is 5.91 Å². The van der Waals surface area contributed by atoms with Gasteiger partial charge in [-0.1, -0.05) is 23.4 Å². The predicted octanol–water partition coefficient (Wildman–Crippen LogP) is 3.30. The SMILES string of the molecule is O=C1CC[C@@]2(C(=O)Nc3ccncc3)Sc3ccc(Cl)cc3N12. The minimum absolute atomic E-state index is 0.0524. The standard InChI is InChI=1S/C16H12ClN3O2S/c17-10-1-2-13-12(9-10)20-14(21)3-6-16(20,23-13)15(22)19-11-4-7-18-8-5-11/h1-2,4-5,7-9H,3,6H2,(H,18,19,22)/t16-/m0/s1. The van der Waals surface area contributed by atoms with Gasteiger partial charge >= 0.3 is 0 Å². The third-order valence-electron chi connectivity index (χ3n) is 4.02. The van der Waals surface area contributed by atoms with Gasteiger partial charge in [0.15, 0.2) is 4.87 Å². The van der Waals surface area contributed by atoms with E-state index >= 15 is 0 Å². The number of rotatable bonds is 2. The summed E-state index contributed by atoms with van der Waals surface area (Å²) in [6, 6.07) is 8.82. The molecule has 3 heterocycles. The quantitative estimate of drug-likeness (QED) is 0.907. The van der Waals surface area contributed by atoms with Crippen LogP contribution in [-0.2, 0) is 9.59 Å². The average molecular weight is 346 g/mol. The Bertz CT molecular complexity index is 814. The molecule has 0 aliphatic carbocycles. The molecule has 7 heteroatoms. The van der Waals surface area contributed by atoms with Crippen LogP contribution in [0.15, 0.2) is 47.6 Å². The van der Waals surface area contributed by atoms with Crippen molar-refractivity contribution in [3.05, 3.63) is 47.7 Å². The maximum absolute atomic E-state index is 12.9. The van der Waals surface area contributed by atoms with Crippen LogP contribution in [0.25, 0.3) is 0 Å². The molecular weight excluding hydrogens is 334 g/mol. The predicted molar refractivity (Wildman–Crippen MR) is 89.6 cm³/mol. The highest BCUT2D eigenvalue weighted by Gasteiger charge is 2.57. The maximum atomic E-state index is 12.9. The molecule has 2 aliphatic heterocycles. The first kappa shape index (κ1) is 14.5. The van der Waals surface area contributed by atoms with E-state index in [0.29, 0.717) is 23.6 Å². The Hall–Kier alpha value is -2.05. The van der Waals surface area contributed by atoms with E-state index in [-0.39, 0.29) is 11.8 Å². The van der Waals surface area contributed by atoms with Gasteiger partial charge in [-0.15, -0.1) is 0 Å². The van der Waals surface area contributed by atoms with Gasteiger partial charge in [0.05, 0.1) is 5.69 Å². The molecule has 2 amide bonds. The smallest absolute Gasteiger partial charge is 0.261 e. The first-order chi connectivity index (χ1) is 11.1. The summed E-state index contributed by atoms with van der Waals surface area (Å²) in [6.07, 6.45) is 4.05. The second-order valence-electron chi connectivity index (χ2n) is 5.42. The number of pyridine rings is 1. The van der Waals surface area contributed by atoms with Crippen molar-refractivity contribution in [2.24, 2.45) is 0 Å². The lowest BCUT2D eigenvalue weighted by Crippen LogP contribution is -2.49. The Kier molecular flexibility index (Phi) is 3.32. The highest BCUT2D eigenvalue weighted by molar-refractivity contribution is 8.02. The molecule has 1 atom stereocenters. The molecule has 0 bridgehead atoms. The monoisotopic (exact) mass is 345 g/mol. The number of halogens is 1. The lowest BCUT2D eigenvalue weighted by molar-refractivity contribution is -0.121. The van der Waals surface area contributed by atoms with Crippen LogP contribution in [0.2, 0.25) is 5.02 Å². The van der Waals surface area contributed by atoms with Crippen molar-refractivity contribution in [2.45, 2.75) is 22.6 Å². The summed E-state index contributed by atoms with van der Waals surface area (Å²) in [5, 5.41) is 3.44. The van der Waals surface area contributed by atoms with Gasteiger partial charge in [-0.05, 0) is 36.8 Å². The minimum Gasteiger partial charge on any atom is -0.323 e. The summed E-state index contributed by atoms with van der Waals surface area (Å²) in [5.41, 5.74) is 1.38. The summed E-state index contributed by atoms with van der Waals surface area (Å²) in [4.78, 5) is 30.8. The van der Waals surface area contributed by atoms with Gasteiger partial charge in [-0.2, -0.15) is 0 Å². The molecule has 4 rings (SSSR count). The van der Waals surface area contributed by atoms with Crippen molar-refractivity contribution in [3.63, 3.8) is 0 Å². The molecule has 1 saturated heterocycles. The number of benzene rings is 1. The fraction of sp³-hybridized carbons (Fsp3) is 0.188. The molecule has 5 nitrogen and oxygen atoms in total. The van der Waals surface area contributed by atoms with Crippen LogP contribution in [0.1, 0.15) is 12.8 Å². The highest BCUT2D eigenvalue weighted by atomic mass is 35.5. The van der Waals surface area contributed by atoms with Crippen LogP contribution < -0.4 is 10.2 Å². The number of carbonyl (C=O) groups excluding carboxylic acids is 2. The minimum atomic E-state index is -0.937. The maximum Gasteiger partial charge on any atom is 0.261 e. The number of nitrogens with zero attached hydrogens (tertiary/aromatic N) is 2. The van der Waals surface area contributed by atoms with E-state index < -0.39 is 4.87 Å². The van der Waals surface area contributed by atoms with Gasteiger partial charge < -0.3 is 5.32 Å². The van der Waals surface area contributed by atoms with E-state index in [4.69, 9.17) is 11.6 Å². The molecule has 2 aliphatic rings. The molecule has 0 saturated carbocycles. The van der Waals surface area contributed by atoms with Crippen LogP contribution >= 0.6 is 23.4 Å². The number of nitrogens with one attached hydrogen (secondary N) is 1. The summed E-state index contributed by atoms with van der Waals surface area (Å²) in [7, 11) is 0. The highest BCUT2D eigenvalue weighted by Crippen LogP contribution is 2.56. The van der Waals surface area contributed by atoms with Crippen LogP contribution in [0.3, 0.4) is 0 Å². The molecule has 1 N–H and O–H groups in total. The Balaban J connectivity index is 1.72. The molecule has 2 aromatic rings. The summed E-state index contributed by atoms with van der Waals surface area (Å²) >= 11 is 7.47. The van der Waals surface area contributed by atoms with E-state index in [1.807, 2.05) is 6.07 Å². The fourth-order valence-corrected chi connectivity index (χ4v) is 4.55. The van der Waals surface area contributed by atoms with Crippen LogP contribution in [0.5, 0.6) is 0 Å². The fourth-order valence-electron chi connectivity index (χ4n) is 2.99. The third-order valence-corrected chi connectivity index (χ3v) is 5.73. The Morgan fingerprint density at radius 2 is 2.09 bits per heavy atom. The molecular formula is C16H12ClN3O2S. The number of carbonyl (C=O) groups is 2. The molecule has 1 aromatic heterocycles. The summed E-state index contributed by atoms with van der Waals surface area (Å²) < 4.78 is 0. The van der Waals surface area contributed by atoms with Crippen molar-refractivity contribution in [2.75, 3.05) is 10.2 Å². The van der Waals surface area contributed by atoms with Crippen molar-refractivity contribution in [1.82, 2.24) is 4.98 Å². The van der Waals surface area contributed by atoms with Gasteiger partial charge in [0.2, 0.25) is 5.91 Å². The van der Waals surface area contributed by atoms with Crippen LogP contribution in [-0.4, -0.2) is 21.7 Å². The van der Waals surface area contributed by atoms with Crippen molar-refractivity contribution >= 4 is 46.6 Å². The lowest BCUT2D eigenvalue weighted by atomic mass is 10.1. The summed E-state index contributed by atoms with van der Waals surface area (Å²) in [5.74, 6) is -0.254. The van der Waals surface area contributed by atoms with Gasteiger partial charge in [-0.25, -0.2) is 0 Å². The first-order valence-corrected chi connectivity index (χ1v) is 8.33. The van der Waals surface area contributed by atoms with Crippen molar-refractivity contribution < 1.29 is 9.59 Å². The molecule has 116 valence electrons. The number of hydrogen-bond acceptors (Lipinski definition) is 4. The second-order valence-corrected chi connectivity index (χ2v) is 7.17. The Morgan fingerprint density at radius 1 is 1.30 bits per heavy atom. The van der Waals surface area contributed by atoms with Crippen LogP contribution in [0, 0.1) is 0 Å². The number of thioether (sulfide) groups is 1. The second kappa shape index (κ2) is 5.25. The third kappa shape index (κ3) is 2.21. The van der Waals surface area contributed by atoms with Crippen LogP contribution in [0.4, 0.5) is 11.4 Å². The van der Waals surface area contributed by atoms with E-state index in [1.54, 1.807) is 41.6 Å². The zero-order valence-corrected chi connectivity index (χ0v) is 13.5. The van der Waals surface area contributed by atoms with E-state index in [0.717, 1.165) is 10.6 Å². The topological polar surface area (TPSA) is 62.3 Å². The number of anilines is 2. The Labute approximate surface area is 142 Å². The largest absolute Gasteiger partial charge is 0.323 e. The number of hydrogen-bond donors (Lipinski definition) is 1. The first-order valence-electron chi connectivity index (χ1n) is 7.13. The zero-order chi connectivity index (χ0) is 16.0. The Morgan fingerprint density at radius 3 is 2.87 bits per heavy atom.